The lowest BCUT2D eigenvalue weighted by molar-refractivity contribution is -0.130. The molecule has 0 spiro atoms. The zero-order chi connectivity index (χ0) is 11.4. The van der Waals surface area contributed by atoms with Gasteiger partial charge in [0.1, 0.15) is 0 Å². The number of carbonyl (C=O) groups excluding carboxylic acids is 1. The highest BCUT2D eigenvalue weighted by Gasteiger charge is 2.62. The van der Waals surface area contributed by atoms with E-state index < -0.39 is 19.8 Å². The van der Waals surface area contributed by atoms with E-state index in [1.807, 2.05) is 0 Å². The lowest BCUT2D eigenvalue weighted by atomic mass is 9.76. The molecule has 1 amide bonds. The number of halogens is 2. The zero-order valence-corrected chi connectivity index (χ0v) is 10.3. The molecule has 15 heavy (non-hydrogen) atoms. The van der Waals surface area contributed by atoms with Crippen molar-refractivity contribution < 1.29 is 17.1 Å². The number of hydrogen-bond acceptors (Lipinski definition) is 3. The summed E-state index contributed by atoms with van der Waals surface area (Å²) in [6, 6.07) is -0.229. The summed E-state index contributed by atoms with van der Waals surface area (Å²) in [5, 5.41) is 0. The van der Waals surface area contributed by atoms with Crippen molar-refractivity contribution in [3.8, 4) is 0 Å². The molecule has 0 aromatic rings. The monoisotopic (exact) mass is 297 g/mol. The summed E-state index contributed by atoms with van der Waals surface area (Å²) in [5.41, 5.74) is 0. The molecule has 0 aromatic heterocycles. The highest BCUT2D eigenvalue weighted by molar-refractivity contribution is 9.11. The second-order valence-corrected chi connectivity index (χ2v) is 7.37. The first kappa shape index (κ1) is 11.1. The van der Waals surface area contributed by atoms with Gasteiger partial charge in [0.05, 0.1) is 0 Å². The van der Waals surface area contributed by atoms with Crippen LogP contribution >= 0.6 is 15.9 Å². The van der Waals surface area contributed by atoms with Crippen LogP contribution in [0.4, 0.5) is 3.89 Å². The van der Waals surface area contributed by atoms with Crippen LogP contribution in [0, 0.1) is 5.92 Å². The quantitative estimate of drug-likeness (QED) is 0.531. The molecule has 2 aliphatic rings. The van der Waals surface area contributed by atoms with Crippen LogP contribution in [0.2, 0.25) is 0 Å². The highest BCUT2D eigenvalue weighted by Crippen LogP contribution is 2.54. The summed E-state index contributed by atoms with van der Waals surface area (Å²) >= 11 is 2.93. The highest BCUT2D eigenvalue weighted by atomic mass is 79.9. The summed E-state index contributed by atoms with van der Waals surface area (Å²) in [6.07, 6.45) is 2.83. The molecule has 4 nitrogen and oxygen atoms in total. The van der Waals surface area contributed by atoms with Gasteiger partial charge in [0, 0.05) is 25.4 Å². The van der Waals surface area contributed by atoms with E-state index >= 15 is 0 Å². The van der Waals surface area contributed by atoms with Crippen LogP contribution in [-0.2, 0) is 15.0 Å². The molecule has 1 saturated carbocycles. The van der Waals surface area contributed by atoms with Crippen LogP contribution in [0.25, 0.3) is 0 Å². The van der Waals surface area contributed by atoms with E-state index in [1.165, 1.54) is 17.1 Å². The lowest BCUT2D eigenvalue weighted by Crippen LogP contribution is -2.63. The maximum atomic E-state index is 13.0. The molecule has 0 N–H and O–H groups in total. The van der Waals surface area contributed by atoms with Gasteiger partial charge in [-0.15, -0.1) is 3.89 Å². The maximum Gasteiger partial charge on any atom is 0.318 e. The topological polar surface area (TPSA) is 54.5 Å². The fourth-order valence-corrected chi connectivity index (χ4v) is 3.77. The van der Waals surface area contributed by atoms with Gasteiger partial charge >= 0.3 is 10.2 Å². The second-order valence-electron chi connectivity index (χ2n) is 3.83. The zero-order valence-electron chi connectivity index (χ0n) is 7.85. The van der Waals surface area contributed by atoms with E-state index in [4.69, 9.17) is 0 Å². The van der Waals surface area contributed by atoms with Gasteiger partial charge in [0.2, 0.25) is 5.91 Å². The van der Waals surface area contributed by atoms with E-state index in [2.05, 4.69) is 15.9 Å². The number of carbonyl (C=O) groups is 1. The van der Waals surface area contributed by atoms with E-state index in [-0.39, 0.29) is 18.4 Å². The standard InChI is InChI=1S/C8H9BrFNO3S/c1-11-6-4-8(9,15(10,13)14)5(6)2-3-7(11)12/h2-3,5-6H,4H2,1H3/t5-,6-,8-/m1/s1. The Kier molecular flexibility index (Phi) is 2.24. The number of fused-ring (bicyclic) bond motifs is 1. The molecule has 2 rings (SSSR count). The summed E-state index contributed by atoms with van der Waals surface area (Å²) in [4.78, 5) is 12.7. The van der Waals surface area contributed by atoms with Crippen LogP contribution in [0.3, 0.4) is 0 Å². The smallest absolute Gasteiger partial charge is 0.318 e. The van der Waals surface area contributed by atoms with Crippen molar-refractivity contribution in [2.24, 2.45) is 5.92 Å². The predicted octanol–water partition coefficient (Wildman–Crippen LogP) is 0.794. The average Bonchev–Trinajstić information content (AvgIpc) is 2.08. The van der Waals surface area contributed by atoms with Gasteiger partial charge in [-0.2, -0.15) is 8.42 Å². The molecule has 1 heterocycles. The molecule has 1 fully saturated rings. The minimum atomic E-state index is -4.65. The number of alkyl halides is 1. The van der Waals surface area contributed by atoms with Crippen molar-refractivity contribution >= 4 is 32.1 Å². The minimum Gasteiger partial charge on any atom is -0.338 e. The van der Waals surface area contributed by atoms with E-state index in [0.29, 0.717) is 0 Å². The number of likely N-dealkylation sites (N-methyl/N-ethyl adjacent to an activating group) is 1. The fraction of sp³-hybridized carbons (Fsp3) is 0.625. The summed E-state index contributed by atoms with van der Waals surface area (Å²) in [5.74, 6) is -0.683. The summed E-state index contributed by atoms with van der Waals surface area (Å²) < 4.78 is 33.3. The van der Waals surface area contributed by atoms with Crippen LogP contribution in [0.5, 0.6) is 0 Å². The number of rotatable bonds is 1. The van der Waals surface area contributed by atoms with E-state index in [0.717, 1.165) is 0 Å². The van der Waals surface area contributed by atoms with Crippen molar-refractivity contribution in [2.45, 2.75) is 16.1 Å². The number of hydrogen-bond donors (Lipinski definition) is 0. The first-order valence-corrected chi connectivity index (χ1v) is 6.53. The third-order valence-electron chi connectivity index (χ3n) is 3.10. The fourth-order valence-electron chi connectivity index (χ4n) is 2.05. The SMILES string of the molecule is CN1C(=O)C=C[C@@H]2[C@H]1C[C@@]2(Br)S(=O)(=O)F. The van der Waals surface area contributed by atoms with Crippen molar-refractivity contribution in [1.82, 2.24) is 4.90 Å². The average molecular weight is 298 g/mol. The third kappa shape index (κ3) is 1.36. The first-order chi connectivity index (χ1) is 6.77. The van der Waals surface area contributed by atoms with Gasteiger partial charge in [-0.25, -0.2) is 0 Å². The molecule has 0 saturated heterocycles. The lowest BCUT2D eigenvalue weighted by Gasteiger charge is -2.52. The Balaban J connectivity index is 2.35. The molecule has 0 bridgehead atoms. The Morgan fingerprint density at radius 1 is 1.67 bits per heavy atom. The van der Waals surface area contributed by atoms with Crippen molar-refractivity contribution in [1.29, 1.82) is 0 Å². The van der Waals surface area contributed by atoms with Gasteiger partial charge in [-0.3, -0.25) is 4.79 Å². The van der Waals surface area contributed by atoms with Gasteiger partial charge in [0.15, 0.2) is 3.66 Å². The van der Waals surface area contributed by atoms with Crippen molar-refractivity contribution in [3.05, 3.63) is 12.2 Å². The van der Waals surface area contributed by atoms with Gasteiger partial charge in [0.25, 0.3) is 0 Å². The second kappa shape index (κ2) is 3.04. The number of amides is 1. The molecule has 7 heteroatoms. The Morgan fingerprint density at radius 3 is 2.80 bits per heavy atom. The van der Waals surface area contributed by atoms with Crippen LogP contribution < -0.4 is 0 Å². The summed E-state index contributed by atoms with van der Waals surface area (Å²) in [7, 11) is -3.07. The van der Waals surface area contributed by atoms with E-state index in [9.17, 15) is 17.1 Å². The molecule has 3 atom stereocenters. The normalized spacial score (nSPS) is 39.9. The van der Waals surface area contributed by atoms with Gasteiger partial charge in [-0.05, 0) is 6.08 Å². The Hall–Kier alpha value is -0.430. The van der Waals surface area contributed by atoms with Gasteiger partial charge in [-0.1, -0.05) is 22.0 Å². The Bertz CT molecular complexity index is 449. The molecule has 0 aromatic carbocycles. The molecule has 1 aliphatic heterocycles. The molecule has 0 radical (unpaired) electrons. The van der Waals surface area contributed by atoms with Crippen molar-refractivity contribution in [3.63, 3.8) is 0 Å². The third-order valence-corrected chi connectivity index (χ3v) is 6.36. The predicted molar refractivity (Wildman–Crippen MR) is 55.5 cm³/mol. The van der Waals surface area contributed by atoms with E-state index in [1.54, 1.807) is 7.05 Å². The largest absolute Gasteiger partial charge is 0.338 e. The molecule has 0 unspecified atom stereocenters. The first-order valence-electron chi connectivity index (χ1n) is 4.35. The van der Waals surface area contributed by atoms with Crippen LogP contribution in [0.1, 0.15) is 6.42 Å². The maximum absolute atomic E-state index is 13.0. The summed E-state index contributed by atoms with van der Waals surface area (Å²) in [6.45, 7) is 0. The van der Waals surface area contributed by atoms with Gasteiger partial charge < -0.3 is 4.90 Å². The molecular formula is C8H9BrFNO3S. The Labute approximate surface area is 95.5 Å². The van der Waals surface area contributed by atoms with Crippen LogP contribution in [-0.4, -0.2) is 36.0 Å². The number of nitrogens with zero attached hydrogens (tertiary/aromatic N) is 1. The molecule has 84 valence electrons. The Morgan fingerprint density at radius 2 is 2.27 bits per heavy atom. The van der Waals surface area contributed by atoms with Crippen molar-refractivity contribution in [2.75, 3.05) is 7.05 Å². The molecule has 1 aliphatic carbocycles. The minimum absolute atomic E-state index is 0.0864. The van der Waals surface area contributed by atoms with Crippen LogP contribution in [0.15, 0.2) is 12.2 Å². The molecular weight excluding hydrogens is 289 g/mol.